The van der Waals surface area contributed by atoms with E-state index in [4.69, 9.17) is 4.74 Å². The summed E-state index contributed by atoms with van der Waals surface area (Å²) < 4.78 is 19.1. The van der Waals surface area contributed by atoms with Crippen molar-refractivity contribution in [2.24, 2.45) is 0 Å². The number of ether oxygens (including phenoxy) is 1. The number of hydrogen-bond acceptors (Lipinski definition) is 4. The first-order valence-electron chi connectivity index (χ1n) is 8.16. The van der Waals surface area contributed by atoms with E-state index in [9.17, 15) is 9.50 Å². The van der Waals surface area contributed by atoms with Crippen LogP contribution in [-0.2, 0) is 0 Å². The highest BCUT2D eigenvalue weighted by molar-refractivity contribution is 5.23. The van der Waals surface area contributed by atoms with Gasteiger partial charge in [-0.2, -0.15) is 0 Å². The third-order valence-corrected chi connectivity index (χ3v) is 4.85. The van der Waals surface area contributed by atoms with E-state index in [1.807, 2.05) is 0 Å². The molecule has 0 unspecified atom stereocenters. The molecule has 1 saturated carbocycles. The molecule has 0 radical (unpaired) electrons. The molecule has 1 saturated heterocycles. The van der Waals surface area contributed by atoms with E-state index in [2.05, 4.69) is 16.8 Å². The zero-order chi connectivity index (χ0) is 15.5. The van der Waals surface area contributed by atoms with Gasteiger partial charge in [0.1, 0.15) is 23.8 Å². The molecule has 1 heterocycles. The fraction of sp³-hybridized carbons (Fsp3) is 0.647. The lowest BCUT2D eigenvalue weighted by molar-refractivity contribution is -0.0619. The molecule has 0 aromatic heterocycles. The number of piperazine rings is 1. The average molecular weight is 308 g/mol. The predicted octanol–water partition coefficient (Wildman–Crippen LogP) is 1.73. The molecule has 2 fully saturated rings. The van der Waals surface area contributed by atoms with Crippen LogP contribution in [0.4, 0.5) is 4.39 Å². The lowest BCUT2D eigenvalue weighted by Crippen LogP contribution is -2.57. The van der Waals surface area contributed by atoms with Crippen LogP contribution in [0.15, 0.2) is 24.3 Å². The first-order valence-corrected chi connectivity index (χ1v) is 8.16. The number of aliphatic hydroxyl groups is 1. The zero-order valence-electron chi connectivity index (χ0n) is 13.1. The number of likely N-dealkylation sites (N-methyl/N-ethyl adjacent to an activating group) is 1. The van der Waals surface area contributed by atoms with Crippen LogP contribution in [0.1, 0.15) is 19.3 Å². The molecule has 3 atom stereocenters. The molecule has 1 N–H and O–H groups in total. The predicted molar refractivity (Wildman–Crippen MR) is 83.5 cm³/mol. The Hall–Kier alpha value is -1.17. The summed E-state index contributed by atoms with van der Waals surface area (Å²) in [6, 6.07) is 6.32. The summed E-state index contributed by atoms with van der Waals surface area (Å²) in [5.74, 6) is 0.196. The van der Waals surface area contributed by atoms with Crippen LogP contribution < -0.4 is 4.74 Å². The number of hydrogen-bond donors (Lipinski definition) is 1. The number of benzene rings is 1. The normalized spacial score (nSPS) is 31.1. The lowest BCUT2D eigenvalue weighted by atomic mass is 9.88. The first-order chi connectivity index (χ1) is 10.6. The van der Waals surface area contributed by atoms with Crippen molar-refractivity contribution >= 4 is 0 Å². The number of rotatable bonds is 3. The third kappa shape index (κ3) is 3.59. The van der Waals surface area contributed by atoms with Crippen LogP contribution >= 0.6 is 0 Å². The first kappa shape index (κ1) is 15.7. The SMILES string of the molecule is CN1CCN([C@H]2CCC[C@@H](Oc3cccc(F)c3)[C@@H]2O)CC1. The van der Waals surface area contributed by atoms with E-state index in [0.29, 0.717) is 5.75 Å². The Morgan fingerprint density at radius 1 is 1.18 bits per heavy atom. The minimum absolute atomic E-state index is 0.154. The summed E-state index contributed by atoms with van der Waals surface area (Å²) in [6.07, 6.45) is 2.10. The van der Waals surface area contributed by atoms with Crippen molar-refractivity contribution < 1.29 is 14.2 Å². The van der Waals surface area contributed by atoms with Crippen LogP contribution in [0.2, 0.25) is 0 Å². The molecule has 0 spiro atoms. The van der Waals surface area contributed by atoms with E-state index in [1.54, 1.807) is 12.1 Å². The van der Waals surface area contributed by atoms with Crippen molar-refractivity contribution in [1.82, 2.24) is 9.80 Å². The Balaban J connectivity index is 1.63. The molecule has 4 nitrogen and oxygen atoms in total. The van der Waals surface area contributed by atoms with Gasteiger partial charge in [-0.15, -0.1) is 0 Å². The molecule has 1 aliphatic heterocycles. The summed E-state index contributed by atoms with van der Waals surface area (Å²) in [5, 5.41) is 10.7. The van der Waals surface area contributed by atoms with Crippen molar-refractivity contribution in [3.05, 3.63) is 30.1 Å². The highest BCUT2D eigenvalue weighted by Crippen LogP contribution is 2.28. The molecule has 1 aromatic carbocycles. The second kappa shape index (κ2) is 6.94. The zero-order valence-corrected chi connectivity index (χ0v) is 13.1. The van der Waals surface area contributed by atoms with Crippen LogP contribution in [0.3, 0.4) is 0 Å². The van der Waals surface area contributed by atoms with Gasteiger partial charge >= 0.3 is 0 Å². The number of nitrogens with zero attached hydrogens (tertiary/aromatic N) is 2. The highest BCUT2D eigenvalue weighted by atomic mass is 19.1. The van der Waals surface area contributed by atoms with E-state index in [-0.39, 0.29) is 18.0 Å². The van der Waals surface area contributed by atoms with Gasteiger partial charge in [0.25, 0.3) is 0 Å². The highest BCUT2D eigenvalue weighted by Gasteiger charge is 2.37. The number of halogens is 1. The number of aliphatic hydroxyl groups excluding tert-OH is 1. The Kier molecular flexibility index (Phi) is 4.96. The standard InChI is InChI=1S/C17H25FN2O2/c1-19-8-10-20(11-9-19)15-6-3-7-16(17(15)21)22-14-5-2-4-13(18)12-14/h2,4-5,12,15-17,21H,3,6-11H2,1H3/t15-,16+,17+/m0/s1. The molecule has 2 aliphatic rings. The van der Waals surface area contributed by atoms with E-state index in [1.165, 1.54) is 12.1 Å². The van der Waals surface area contributed by atoms with Crippen molar-refractivity contribution in [3.8, 4) is 5.75 Å². The summed E-state index contributed by atoms with van der Waals surface area (Å²) in [5.41, 5.74) is 0. The topological polar surface area (TPSA) is 35.9 Å². The molecular weight excluding hydrogens is 283 g/mol. The Bertz CT molecular complexity index is 491. The Morgan fingerprint density at radius 3 is 2.68 bits per heavy atom. The molecule has 3 rings (SSSR count). The third-order valence-electron chi connectivity index (χ3n) is 4.85. The smallest absolute Gasteiger partial charge is 0.126 e. The largest absolute Gasteiger partial charge is 0.488 e. The van der Waals surface area contributed by atoms with Gasteiger partial charge in [0.05, 0.1) is 0 Å². The molecule has 0 amide bonds. The average Bonchev–Trinajstić information content (AvgIpc) is 2.51. The molecule has 5 heteroatoms. The van der Waals surface area contributed by atoms with Gasteiger partial charge < -0.3 is 14.7 Å². The van der Waals surface area contributed by atoms with Crippen LogP contribution in [0.25, 0.3) is 0 Å². The minimum atomic E-state index is -0.513. The van der Waals surface area contributed by atoms with Crippen LogP contribution in [0.5, 0.6) is 5.75 Å². The Morgan fingerprint density at radius 2 is 1.95 bits per heavy atom. The minimum Gasteiger partial charge on any atom is -0.488 e. The van der Waals surface area contributed by atoms with Gasteiger partial charge in [0, 0.05) is 38.3 Å². The van der Waals surface area contributed by atoms with Gasteiger partial charge in [-0.1, -0.05) is 6.07 Å². The van der Waals surface area contributed by atoms with Gasteiger partial charge in [-0.05, 0) is 38.4 Å². The maximum absolute atomic E-state index is 13.3. The van der Waals surface area contributed by atoms with Gasteiger partial charge in [0.2, 0.25) is 0 Å². The van der Waals surface area contributed by atoms with Gasteiger partial charge in [-0.25, -0.2) is 4.39 Å². The summed E-state index contributed by atoms with van der Waals surface area (Å²) in [4.78, 5) is 4.69. The van der Waals surface area contributed by atoms with E-state index >= 15 is 0 Å². The second-order valence-corrected chi connectivity index (χ2v) is 6.44. The Labute approximate surface area is 131 Å². The van der Waals surface area contributed by atoms with Gasteiger partial charge in [0.15, 0.2) is 0 Å². The van der Waals surface area contributed by atoms with E-state index in [0.717, 1.165) is 45.4 Å². The summed E-state index contributed by atoms with van der Waals surface area (Å²) >= 11 is 0. The molecule has 122 valence electrons. The molecule has 1 aliphatic carbocycles. The summed E-state index contributed by atoms with van der Waals surface area (Å²) in [6.45, 7) is 4.06. The molecular formula is C17H25FN2O2. The maximum Gasteiger partial charge on any atom is 0.126 e. The lowest BCUT2D eigenvalue weighted by Gasteiger charge is -2.44. The van der Waals surface area contributed by atoms with Crippen LogP contribution in [0, 0.1) is 5.82 Å². The van der Waals surface area contributed by atoms with Crippen molar-refractivity contribution in [2.45, 2.75) is 37.5 Å². The fourth-order valence-corrected chi connectivity index (χ4v) is 3.51. The second-order valence-electron chi connectivity index (χ2n) is 6.44. The van der Waals surface area contributed by atoms with Gasteiger partial charge in [-0.3, -0.25) is 4.90 Å². The molecule has 22 heavy (non-hydrogen) atoms. The maximum atomic E-state index is 13.3. The monoisotopic (exact) mass is 308 g/mol. The van der Waals surface area contributed by atoms with Crippen molar-refractivity contribution in [1.29, 1.82) is 0 Å². The quantitative estimate of drug-likeness (QED) is 0.922. The van der Waals surface area contributed by atoms with Crippen molar-refractivity contribution in [2.75, 3.05) is 33.2 Å². The summed E-state index contributed by atoms with van der Waals surface area (Å²) in [7, 11) is 2.13. The van der Waals surface area contributed by atoms with E-state index < -0.39 is 6.10 Å². The molecule has 1 aromatic rings. The molecule has 0 bridgehead atoms. The fourth-order valence-electron chi connectivity index (χ4n) is 3.51. The van der Waals surface area contributed by atoms with Crippen molar-refractivity contribution in [3.63, 3.8) is 0 Å². The van der Waals surface area contributed by atoms with Crippen LogP contribution in [-0.4, -0.2) is 66.4 Å².